The van der Waals surface area contributed by atoms with Gasteiger partial charge in [-0.2, -0.15) is 0 Å². The normalized spacial score (nSPS) is 11.5. The number of hydrogen-bond donors (Lipinski definition) is 0. The van der Waals surface area contributed by atoms with Crippen molar-refractivity contribution in [1.82, 2.24) is 0 Å². The van der Waals surface area contributed by atoms with E-state index in [4.69, 9.17) is 0 Å². The smallest absolute Gasteiger partial charge is 0.215 e. The van der Waals surface area contributed by atoms with Crippen LogP contribution < -0.4 is 0 Å². The maximum atomic E-state index is 12.6. The zero-order chi connectivity index (χ0) is 10.9. The first kappa shape index (κ1) is 10.3. The number of rotatable bonds is 2. The van der Waals surface area contributed by atoms with Gasteiger partial charge in [0.1, 0.15) is 10.0 Å². The van der Waals surface area contributed by atoms with Gasteiger partial charge in [-0.3, -0.25) is 0 Å². The molecule has 0 amide bonds. The Bertz CT molecular complexity index is 542. The highest BCUT2D eigenvalue weighted by Crippen LogP contribution is 2.24. The Morgan fingerprint density at radius 3 is 2.27 bits per heavy atom. The highest BCUT2D eigenvalue weighted by Gasteiger charge is 2.17. The van der Waals surface area contributed by atoms with Crippen LogP contribution >= 0.6 is 11.3 Å². The monoisotopic (exact) mass is 242 g/mol. The third-order valence-electron chi connectivity index (χ3n) is 1.88. The van der Waals surface area contributed by atoms with Crippen molar-refractivity contribution in [2.24, 2.45) is 0 Å². The van der Waals surface area contributed by atoms with Gasteiger partial charge in [-0.05, 0) is 35.7 Å². The van der Waals surface area contributed by atoms with E-state index in [1.807, 2.05) is 0 Å². The highest BCUT2D eigenvalue weighted by atomic mass is 32.2. The van der Waals surface area contributed by atoms with E-state index in [-0.39, 0.29) is 9.10 Å². The summed E-state index contributed by atoms with van der Waals surface area (Å²) >= 11 is 1.15. The first-order valence-electron chi connectivity index (χ1n) is 4.15. The number of benzene rings is 1. The summed E-state index contributed by atoms with van der Waals surface area (Å²) in [5.74, 6) is -0.444. The van der Waals surface area contributed by atoms with E-state index in [2.05, 4.69) is 0 Å². The summed E-state index contributed by atoms with van der Waals surface area (Å²) in [5, 5.41) is 1.69. The minimum absolute atomic E-state index is 0.117. The predicted molar refractivity (Wildman–Crippen MR) is 56.2 cm³/mol. The minimum atomic E-state index is -3.46. The average molecular weight is 242 g/mol. The number of halogens is 1. The van der Waals surface area contributed by atoms with Crippen LogP contribution in [-0.2, 0) is 9.84 Å². The van der Waals surface area contributed by atoms with Crippen molar-refractivity contribution >= 4 is 21.2 Å². The largest absolute Gasteiger partial charge is 0.218 e. The van der Waals surface area contributed by atoms with Crippen LogP contribution in [0.3, 0.4) is 0 Å². The van der Waals surface area contributed by atoms with Gasteiger partial charge in [-0.1, -0.05) is 6.07 Å². The maximum absolute atomic E-state index is 12.6. The predicted octanol–water partition coefficient (Wildman–Crippen LogP) is 2.72. The van der Waals surface area contributed by atoms with Gasteiger partial charge < -0.3 is 0 Å². The van der Waals surface area contributed by atoms with E-state index < -0.39 is 15.7 Å². The van der Waals surface area contributed by atoms with E-state index >= 15 is 0 Å². The minimum Gasteiger partial charge on any atom is -0.218 e. The van der Waals surface area contributed by atoms with Crippen molar-refractivity contribution in [3.05, 3.63) is 47.6 Å². The summed E-state index contributed by atoms with van der Waals surface area (Å²) < 4.78 is 36.7. The first-order chi connectivity index (χ1) is 7.10. The molecule has 1 aromatic carbocycles. The first-order valence-corrected chi connectivity index (χ1v) is 6.51. The van der Waals surface area contributed by atoms with Gasteiger partial charge in [0, 0.05) is 0 Å². The molecule has 78 valence electrons. The number of thiophene rings is 1. The second-order valence-electron chi connectivity index (χ2n) is 2.89. The van der Waals surface area contributed by atoms with Crippen molar-refractivity contribution in [2.45, 2.75) is 9.10 Å². The molecule has 0 aliphatic carbocycles. The third-order valence-corrected chi connectivity index (χ3v) is 5.05. The van der Waals surface area contributed by atoms with Gasteiger partial charge in [-0.25, -0.2) is 12.8 Å². The summed E-state index contributed by atoms with van der Waals surface area (Å²) in [6.45, 7) is 0. The Kier molecular flexibility index (Phi) is 2.58. The van der Waals surface area contributed by atoms with Crippen LogP contribution in [0, 0.1) is 5.82 Å². The molecule has 1 aromatic heterocycles. The van der Waals surface area contributed by atoms with Crippen molar-refractivity contribution < 1.29 is 12.8 Å². The molecule has 0 unspecified atom stereocenters. The van der Waals surface area contributed by atoms with Crippen LogP contribution in [0.2, 0.25) is 0 Å². The molecule has 2 rings (SSSR count). The molecule has 0 saturated heterocycles. The lowest BCUT2D eigenvalue weighted by atomic mass is 10.4. The number of hydrogen-bond acceptors (Lipinski definition) is 3. The van der Waals surface area contributed by atoms with Crippen LogP contribution in [0.1, 0.15) is 0 Å². The lowest BCUT2D eigenvalue weighted by Gasteiger charge is -2.00. The standard InChI is InChI=1S/C10H7FO2S2/c11-8-3-5-9(6-4-8)15(12,13)10-2-1-7-14-10/h1-7H. The molecule has 2 nitrogen and oxygen atoms in total. The van der Waals surface area contributed by atoms with E-state index in [0.717, 1.165) is 23.5 Å². The van der Waals surface area contributed by atoms with Gasteiger partial charge in [0.25, 0.3) is 0 Å². The number of sulfone groups is 1. The van der Waals surface area contributed by atoms with E-state index in [9.17, 15) is 12.8 Å². The third kappa shape index (κ3) is 1.93. The fraction of sp³-hybridized carbons (Fsp3) is 0. The molecule has 0 N–H and O–H groups in total. The summed E-state index contributed by atoms with van der Waals surface area (Å²) in [7, 11) is -3.46. The zero-order valence-corrected chi connectivity index (χ0v) is 9.19. The molecule has 0 spiro atoms. The SMILES string of the molecule is O=S(=O)(c1ccc(F)cc1)c1cccs1. The van der Waals surface area contributed by atoms with Crippen LogP contribution in [0.4, 0.5) is 4.39 Å². The molecule has 0 fully saturated rings. The van der Waals surface area contributed by atoms with Crippen molar-refractivity contribution in [3.63, 3.8) is 0 Å². The summed E-state index contributed by atoms with van der Waals surface area (Å²) in [5.41, 5.74) is 0. The zero-order valence-electron chi connectivity index (χ0n) is 7.55. The average Bonchev–Trinajstić information content (AvgIpc) is 2.71. The van der Waals surface area contributed by atoms with E-state index in [1.165, 1.54) is 18.2 Å². The fourth-order valence-electron chi connectivity index (χ4n) is 1.15. The lowest BCUT2D eigenvalue weighted by Crippen LogP contribution is -1.99. The van der Waals surface area contributed by atoms with Gasteiger partial charge in [0.05, 0.1) is 4.90 Å². The van der Waals surface area contributed by atoms with Gasteiger partial charge >= 0.3 is 0 Å². The molecule has 0 aliphatic heterocycles. The Labute approximate surface area is 90.9 Å². The second kappa shape index (κ2) is 3.75. The lowest BCUT2D eigenvalue weighted by molar-refractivity contribution is 0.596. The fourth-order valence-corrected chi connectivity index (χ4v) is 3.54. The highest BCUT2D eigenvalue weighted by molar-refractivity contribution is 7.93. The molecule has 5 heteroatoms. The molecule has 0 bridgehead atoms. The Hall–Kier alpha value is -1.20. The molecule has 0 aliphatic rings. The van der Waals surface area contributed by atoms with Crippen LogP contribution in [-0.4, -0.2) is 8.42 Å². The van der Waals surface area contributed by atoms with Crippen molar-refractivity contribution in [3.8, 4) is 0 Å². The van der Waals surface area contributed by atoms with Crippen molar-refractivity contribution in [1.29, 1.82) is 0 Å². The molecule has 0 atom stereocenters. The summed E-state index contributed by atoms with van der Waals surface area (Å²) in [6, 6.07) is 8.01. The quantitative estimate of drug-likeness (QED) is 0.759. The molecule has 0 radical (unpaired) electrons. The molecule has 15 heavy (non-hydrogen) atoms. The topological polar surface area (TPSA) is 34.1 Å². The molecule has 2 aromatic rings. The summed E-state index contributed by atoms with van der Waals surface area (Å²) in [6.07, 6.45) is 0. The van der Waals surface area contributed by atoms with Gasteiger partial charge in [0.2, 0.25) is 9.84 Å². The molecule has 0 saturated carbocycles. The molecule has 1 heterocycles. The Morgan fingerprint density at radius 2 is 1.73 bits per heavy atom. The van der Waals surface area contributed by atoms with Crippen LogP contribution in [0.5, 0.6) is 0 Å². The van der Waals surface area contributed by atoms with Crippen molar-refractivity contribution in [2.75, 3.05) is 0 Å². The molecular weight excluding hydrogens is 235 g/mol. The van der Waals surface area contributed by atoms with Crippen LogP contribution in [0.15, 0.2) is 50.9 Å². The van der Waals surface area contributed by atoms with E-state index in [1.54, 1.807) is 11.4 Å². The van der Waals surface area contributed by atoms with E-state index in [0.29, 0.717) is 0 Å². The van der Waals surface area contributed by atoms with Crippen LogP contribution in [0.25, 0.3) is 0 Å². The van der Waals surface area contributed by atoms with Gasteiger partial charge in [-0.15, -0.1) is 11.3 Å². The maximum Gasteiger partial charge on any atom is 0.215 e. The second-order valence-corrected chi connectivity index (χ2v) is 6.01. The Morgan fingerprint density at radius 1 is 1.07 bits per heavy atom. The molecular formula is C10H7FO2S2. The Balaban J connectivity index is 2.52. The van der Waals surface area contributed by atoms with Gasteiger partial charge in [0.15, 0.2) is 0 Å². The summed E-state index contributed by atoms with van der Waals surface area (Å²) in [4.78, 5) is 0.117.